The SMILES string of the molecule is C[C@@]1(c2ccco2)NC(=O)N(C[C@@H](O)c2ccccc2F)C1=O. The molecule has 2 heterocycles. The molecule has 0 unspecified atom stereocenters. The summed E-state index contributed by atoms with van der Waals surface area (Å²) in [4.78, 5) is 25.5. The van der Waals surface area contributed by atoms with Crippen molar-refractivity contribution in [3.63, 3.8) is 0 Å². The number of aliphatic hydroxyl groups is 1. The molecule has 23 heavy (non-hydrogen) atoms. The van der Waals surface area contributed by atoms with E-state index in [0.29, 0.717) is 5.76 Å². The number of rotatable bonds is 4. The largest absolute Gasteiger partial charge is 0.466 e. The van der Waals surface area contributed by atoms with Crippen LogP contribution in [-0.2, 0) is 10.3 Å². The number of imide groups is 1. The summed E-state index contributed by atoms with van der Waals surface area (Å²) in [6, 6.07) is 8.20. The maximum absolute atomic E-state index is 13.7. The molecule has 0 aliphatic carbocycles. The number of urea groups is 1. The van der Waals surface area contributed by atoms with E-state index < -0.39 is 29.4 Å². The maximum atomic E-state index is 13.7. The van der Waals surface area contributed by atoms with E-state index >= 15 is 0 Å². The molecule has 1 aromatic heterocycles. The normalized spacial score (nSPS) is 22.3. The molecule has 3 rings (SSSR count). The number of carbonyl (C=O) groups excluding carboxylic acids is 2. The Bertz CT molecular complexity index is 746. The Morgan fingerprint density at radius 1 is 1.30 bits per heavy atom. The van der Waals surface area contributed by atoms with Crippen molar-refractivity contribution in [2.45, 2.75) is 18.6 Å². The highest BCUT2D eigenvalue weighted by Crippen LogP contribution is 2.30. The zero-order chi connectivity index (χ0) is 16.6. The van der Waals surface area contributed by atoms with Crippen LogP contribution in [0.1, 0.15) is 24.4 Å². The predicted molar refractivity (Wildman–Crippen MR) is 77.7 cm³/mol. The summed E-state index contributed by atoms with van der Waals surface area (Å²) < 4.78 is 18.9. The molecule has 1 aromatic carbocycles. The van der Waals surface area contributed by atoms with Crippen LogP contribution in [0.25, 0.3) is 0 Å². The average molecular weight is 318 g/mol. The molecule has 2 atom stereocenters. The molecule has 0 bridgehead atoms. The summed E-state index contributed by atoms with van der Waals surface area (Å²) >= 11 is 0. The number of nitrogens with zero attached hydrogens (tertiary/aromatic N) is 1. The molecule has 120 valence electrons. The molecule has 0 saturated carbocycles. The number of hydrogen-bond donors (Lipinski definition) is 2. The summed E-state index contributed by atoms with van der Waals surface area (Å²) in [5.74, 6) is -0.868. The first-order valence-corrected chi connectivity index (χ1v) is 7.04. The van der Waals surface area contributed by atoms with E-state index in [1.54, 1.807) is 18.2 Å². The number of hydrogen-bond acceptors (Lipinski definition) is 4. The average Bonchev–Trinajstić information content (AvgIpc) is 3.12. The number of halogens is 1. The standard InChI is InChI=1S/C16H15FN2O4/c1-16(13-7-4-8-23-13)14(21)19(15(22)18-16)9-12(20)10-5-2-3-6-11(10)17/h2-8,12,20H,9H2,1H3,(H,18,22)/t12-,16+/m1/s1. The van der Waals surface area contributed by atoms with Gasteiger partial charge in [0, 0.05) is 5.56 Å². The van der Waals surface area contributed by atoms with Crippen LogP contribution >= 0.6 is 0 Å². The molecule has 7 heteroatoms. The Hall–Kier alpha value is -2.67. The summed E-state index contributed by atoms with van der Waals surface area (Å²) in [5, 5.41) is 12.7. The van der Waals surface area contributed by atoms with Crippen LogP contribution in [0.4, 0.5) is 9.18 Å². The molecule has 1 saturated heterocycles. The molecule has 0 radical (unpaired) electrons. The van der Waals surface area contributed by atoms with Crippen molar-refractivity contribution in [1.29, 1.82) is 0 Å². The van der Waals surface area contributed by atoms with Gasteiger partial charge in [-0.2, -0.15) is 0 Å². The van der Waals surface area contributed by atoms with Gasteiger partial charge >= 0.3 is 6.03 Å². The van der Waals surface area contributed by atoms with E-state index in [2.05, 4.69) is 5.32 Å². The van der Waals surface area contributed by atoms with Gasteiger partial charge < -0.3 is 14.8 Å². The lowest BCUT2D eigenvalue weighted by molar-refractivity contribution is -0.132. The van der Waals surface area contributed by atoms with Gasteiger partial charge in [0.15, 0.2) is 5.54 Å². The van der Waals surface area contributed by atoms with Gasteiger partial charge in [0.2, 0.25) is 0 Å². The van der Waals surface area contributed by atoms with Gasteiger partial charge in [-0.15, -0.1) is 0 Å². The van der Waals surface area contributed by atoms with Crippen LogP contribution in [0, 0.1) is 5.82 Å². The van der Waals surface area contributed by atoms with Gasteiger partial charge in [0.25, 0.3) is 5.91 Å². The number of β-amino-alcohol motifs (C(OH)–C–C–N with tert-alkyl or cyclic N) is 1. The second-order valence-corrected chi connectivity index (χ2v) is 5.49. The van der Waals surface area contributed by atoms with E-state index in [0.717, 1.165) is 4.90 Å². The van der Waals surface area contributed by atoms with Crippen LogP contribution in [-0.4, -0.2) is 28.5 Å². The third-order valence-electron chi connectivity index (χ3n) is 3.91. The second kappa shape index (κ2) is 5.51. The molecule has 1 fully saturated rings. The first-order valence-electron chi connectivity index (χ1n) is 7.04. The van der Waals surface area contributed by atoms with Crippen molar-refractivity contribution in [3.8, 4) is 0 Å². The first-order chi connectivity index (χ1) is 10.9. The molecule has 1 aliphatic heterocycles. The predicted octanol–water partition coefficient (Wildman–Crippen LogP) is 1.92. The third kappa shape index (κ3) is 2.49. The van der Waals surface area contributed by atoms with Gasteiger partial charge in [-0.1, -0.05) is 18.2 Å². The molecule has 6 nitrogen and oxygen atoms in total. The van der Waals surface area contributed by atoms with Crippen LogP contribution in [0.3, 0.4) is 0 Å². The van der Waals surface area contributed by atoms with E-state index in [9.17, 15) is 19.1 Å². The maximum Gasteiger partial charge on any atom is 0.325 e. The fraction of sp³-hybridized carbons (Fsp3) is 0.250. The molecule has 1 aliphatic rings. The minimum Gasteiger partial charge on any atom is -0.466 e. The lowest BCUT2D eigenvalue weighted by Gasteiger charge is -2.21. The van der Waals surface area contributed by atoms with Crippen molar-refractivity contribution in [3.05, 3.63) is 59.8 Å². The number of benzene rings is 1. The molecular formula is C16H15FN2O4. The minimum absolute atomic E-state index is 0.0275. The lowest BCUT2D eigenvalue weighted by atomic mass is 9.99. The number of furan rings is 1. The molecular weight excluding hydrogens is 303 g/mol. The lowest BCUT2D eigenvalue weighted by Crippen LogP contribution is -2.41. The highest BCUT2D eigenvalue weighted by molar-refractivity contribution is 6.06. The highest BCUT2D eigenvalue weighted by Gasteiger charge is 2.51. The van der Waals surface area contributed by atoms with Gasteiger partial charge in [-0.25, -0.2) is 9.18 Å². The number of amides is 3. The van der Waals surface area contributed by atoms with Gasteiger partial charge in [0.1, 0.15) is 11.6 Å². The first kappa shape index (κ1) is 15.2. The van der Waals surface area contributed by atoms with Crippen molar-refractivity contribution in [1.82, 2.24) is 10.2 Å². The highest BCUT2D eigenvalue weighted by atomic mass is 19.1. The van der Waals surface area contributed by atoms with Crippen molar-refractivity contribution >= 4 is 11.9 Å². The fourth-order valence-corrected chi connectivity index (χ4v) is 2.61. The quantitative estimate of drug-likeness (QED) is 0.844. The van der Waals surface area contributed by atoms with Crippen LogP contribution in [0.2, 0.25) is 0 Å². The second-order valence-electron chi connectivity index (χ2n) is 5.49. The summed E-state index contributed by atoms with van der Waals surface area (Å²) in [5.41, 5.74) is -1.31. The zero-order valence-corrected chi connectivity index (χ0v) is 12.3. The third-order valence-corrected chi connectivity index (χ3v) is 3.91. The van der Waals surface area contributed by atoms with Crippen LogP contribution in [0.15, 0.2) is 47.1 Å². The molecule has 2 N–H and O–H groups in total. The topological polar surface area (TPSA) is 82.8 Å². The number of carbonyl (C=O) groups is 2. The van der Waals surface area contributed by atoms with Gasteiger partial charge in [0.05, 0.1) is 18.9 Å². The van der Waals surface area contributed by atoms with Crippen molar-refractivity contribution < 1.29 is 23.5 Å². The smallest absolute Gasteiger partial charge is 0.325 e. The van der Waals surface area contributed by atoms with Gasteiger partial charge in [-0.3, -0.25) is 9.69 Å². The Morgan fingerprint density at radius 2 is 2.04 bits per heavy atom. The number of aliphatic hydroxyl groups excluding tert-OH is 1. The van der Waals surface area contributed by atoms with E-state index in [-0.39, 0.29) is 12.1 Å². The van der Waals surface area contributed by atoms with Crippen LogP contribution < -0.4 is 5.32 Å². The summed E-state index contributed by atoms with van der Waals surface area (Å²) in [7, 11) is 0. The Morgan fingerprint density at radius 3 is 2.70 bits per heavy atom. The van der Waals surface area contributed by atoms with E-state index in [1.807, 2.05) is 0 Å². The molecule has 2 aromatic rings. The van der Waals surface area contributed by atoms with E-state index in [1.165, 1.54) is 31.4 Å². The summed E-state index contributed by atoms with van der Waals surface area (Å²) in [6.45, 7) is 1.17. The Kier molecular flexibility index (Phi) is 3.65. The number of nitrogens with one attached hydrogen (secondary N) is 1. The Labute approximate surface area is 131 Å². The molecule has 0 spiro atoms. The van der Waals surface area contributed by atoms with Crippen molar-refractivity contribution in [2.75, 3.05) is 6.54 Å². The van der Waals surface area contributed by atoms with E-state index in [4.69, 9.17) is 4.42 Å². The monoisotopic (exact) mass is 318 g/mol. The Balaban J connectivity index is 1.83. The fourth-order valence-electron chi connectivity index (χ4n) is 2.61. The minimum atomic E-state index is -1.34. The molecule has 3 amide bonds. The van der Waals surface area contributed by atoms with Crippen LogP contribution in [0.5, 0.6) is 0 Å². The van der Waals surface area contributed by atoms with Crippen molar-refractivity contribution in [2.24, 2.45) is 0 Å². The zero-order valence-electron chi connectivity index (χ0n) is 12.3. The summed E-state index contributed by atoms with van der Waals surface area (Å²) in [6.07, 6.45) is 0.0847. The van der Waals surface area contributed by atoms with Gasteiger partial charge in [-0.05, 0) is 25.1 Å².